The van der Waals surface area contributed by atoms with E-state index in [-0.39, 0.29) is 5.84 Å². The Morgan fingerprint density at radius 1 is 1.33 bits per heavy atom. The van der Waals surface area contributed by atoms with Crippen molar-refractivity contribution in [1.29, 1.82) is 5.41 Å². The van der Waals surface area contributed by atoms with Crippen molar-refractivity contribution >= 4 is 5.84 Å². The lowest BCUT2D eigenvalue weighted by Crippen LogP contribution is -2.13. The summed E-state index contributed by atoms with van der Waals surface area (Å²) in [6.45, 7) is 0.750. The highest BCUT2D eigenvalue weighted by Gasteiger charge is 2.28. The zero-order valence-electron chi connectivity index (χ0n) is 10.1. The van der Waals surface area contributed by atoms with Crippen LogP contribution in [0.2, 0.25) is 0 Å². The fourth-order valence-electron chi connectivity index (χ4n) is 2.15. The van der Waals surface area contributed by atoms with Gasteiger partial charge in [-0.2, -0.15) is 5.10 Å². The third-order valence-corrected chi connectivity index (χ3v) is 3.26. The van der Waals surface area contributed by atoms with E-state index >= 15 is 0 Å². The monoisotopic (exact) mass is 240 g/mol. The molecule has 18 heavy (non-hydrogen) atoms. The van der Waals surface area contributed by atoms with Crippen LogP contribution in [0.3, 0.4) is 0 Å². The van der Waals surface area contributed by atoms with E-state index in [1.807, 2.05) is 28.9 Å². The van der Waals surface area contributed by atoms with Crippen molar-refractivity contribution in [3.63, 3.8) is 0 Å². The summed E-state index contributed by atoms with van der Waals surface area (Å²) in [7, 11) is 0. The maximum atomic E-state index is 7.49. The van der Waals surface area contributed by atoms with E-state index in [4.69, 9.17) is 11.1 Å². The lowest BCUT2D eigenvalue weighted by atomic mass is 10.2. The van der Waals surface area contributed by atoms with Gasteiger partial charge >= 0.3 is 0 Å². The van der Waals surface area contributed by atoms with Crippen molar-refractivity contribution in [1.82, 2.24) is 9.78 Å². The van der Waals surface area contributed by atoms with Crippen molar-refractivity contribution in [3.8, 4) is 0 Å². The Labute approximate surface area is 106 Å². The highest BCUT2D eigenvalue weighted by molar-refractivity contribution is 5.93. The zero-order chi connectivity index (χ0) is 12.5. The molecule has 0 bridgehead atoms. The van der Waals surface area contributed by atoms with Gasteiger partial charge in [-0.25, -0.2) is 0 Å². The molecule has 0 unspecified atom stereocenters. The zero-order valence-corrected chi connectivity index (χ0v) is 10.1. The van der Waals surface area contributed by atoms with E-state index in [0.717, 1.165) is 6.54 Å². The van der Waals surface area contributed by atoms with Crippen LogP contribution in [-0.2, 0) is 6.54 Å². The molecule has 0 aliphatic heterocycles. The van der Waals surface area contributed by atoms with Gasteiger partial charge < -0.3 is 5.73 Å². The van der Waals surface area contributed by atoms with E-state index in [9.17, 15) is 0 Å². The summed E-state index contributed by atoms with van der Waals surface area (Å²) in [4.78, 5) is 0. The van der Waals surface area contributed by atoms with Crippen molar-refractivity contribution in [2.24, 2.45) is 5.73 Å². The van der Waals surface area contributed by atoms with Crippen molar-refractivity contribution < 1.29 is 0 Å². The quantitative estimate of drug-likeness (QED) is 0.634. The van der Waals surface area contributed by atoms with Gasteiger partial charge in [0.25, 0.3) is 0 Å². The molecule has 0 amide bonds. The van der Waals surface area contributed by atoms with E-state index in [1.165, 1.54) is 24.1 Å². The molecule has 0 saturated heterocycles. The summed E-state index contributed by atoms with van der Waals surface area (Å²) < 4.78 is 1.99. The van der Waals surface area contributed by atoms with E-state index in [1.54, 1.807) is 0 Å². The predicted molar refractivity (Wildman–Crippen MR) is 70.8 cm³/mol. The van der Waals surface area contributed by atoms with Crippen molar-refractivity contribution in [2.75, 3.05) is 0 Å². The second kappa shape index (κ2) is 4.29. The summed E-state index contributed by atoms with van der Waals surface area (Å²) in [5.74, 6) is 0.651. The first-order chi connectivity index (χ1) is 8.74. The van der Waals surface area contributed by atoms with Crippen LogP contribution in [-0.4, -0.2) is 15.6 Å². The van der Waals surface area contributed by atoms with Gasteiger partial charge in [-0.05, 0) is 24.5 Å². The van der Waals surface area contributed by atoms with Crippen LogP contribution in [0.25, 0.3) is 0 Å². The summed E-state index contributed by atoms with van der Waals surface area (Å²) >= 11 is 0. The molecule has 0 radical (unpaired) electrons. The van der Waals surface area contributed by atoms with Gasteiger partial charge in [0.15, 0.2) is 0 Å². The fourth-order valence-corrected chi connectivity index (χ4v) is 2.15. The SMILES string of the molecule is N=C(N)c1cc(C2CC2)n(Cc2ccccc2)n1. The van der Waals surface area contributed by atoms with E-state index in [0.29, 0.717) is 11.6 Å². The van der Waals surface area contributed by atoms with Crippen molar-refractivity contribution in [2.45, 2.75) is 25.3 Å². The highest BCUT2D eigenvalue weighted by Crippen LogP contribution is 2.40. The molecule has 4 heteroatoms. The number of nitrogens with zero attached hydrogens (tertiary/aromatic N) is 2. The van der Waals surface area contributed by atoms with Gasteiger partial charge in [0.05, 0.1) is 6.54 Å². The summed E-state index contributed by atoms with van der Waals surface area (Å²) in [5, 5.41) is 11.9. The number of aromatic nitrogens is 2. The average Bonchev–Trinajstić information content (AvgIpc) is 3.12. The molecule has 2 aromatic rings. The molecule has 1 saturated carbocycles. The molecule has 0 spiro atoms. The number of benzene rings is 1. The minimum Gasteiger partial charge on any atom is -0.382 e. The van der Waals surface area contributed by atoms with E-state index in [2.05, 4.69) is 17.2 Å². The second-order valence-corrected chi connectivity index (χ2v) is 4.79. The minimum absolute atomic E-state index is 0.0451. The molecule has 1 aliphatic rings. The van der Waals surface area contributed by atoms with Crippen LogP contribution >= 0.6 is 0 Å². The highest BCUT2D eigenvalue weighted by atomic mass is 15.3. The van der Waals surface area contributed by atoms with E-state index < -0.39 is 0 Å². The molecule has 1 fully saturated rings. The minimum atomic E-state index is 0.0451. The molecule has 4 nitrogen and oxygen atoms in total. The van der Waals surface area contributed by atoms with Crippen LogP contribution < -0.4 is 5.73 Å². The third-order valence-electron chi connectivity index (χ3n) is 3.26. The Bertz CT molecular complexity index is 567. The number of rotatable bonds is 4. The van der Waals surface area contributed by atoms with Gasteiger partial charge in [0.1, 0.15) is 11.5 Å². The molecule has 1 aromatic heterocycles. The fraction of sp³-hybridized carbons (Fsp3) is 0.286. The Balaban J connectivity index is 1.92. The maximum Gasteiger partial charge on any atom is 0.143 e. The molecule has 92 valence electrons. The molecule has 3 N–H and O–H groups in total. The first kappa shape index (κ1) is 11.0. The first-order valence-electron chi connectivity index (χ1n) is 6.20. The van der Waals surface area contributed by atoms with Crippen LogP contribution in [0.15, 0.2) is 36.4 Å². The second-order valence-electron chi connectivity index (χ2n) is 4.79. The molecule has 0 atom stereocenters. The Morgan fingerprint density at radius 3 is 2.67 bits per heavy atom. The van der Waals surface area contributed by atoms with Gasteiger partial charge in [0, 0.05) is 11.6 Å². The molecule has 1 heterocycles. The van der Waals surface area contributed by atoms with Crippen molar-refractivity contribution in [3.05, 3.63) is 53.3 Å². The molecule has 1 aromatic carbocycles. The normalized spacial score (nSPS) is 14.7. The number of hydrogen-bond donors (Lipinski definition) is 2. The van der Waals surface area contributed by atoms with Crippen LogP contribution in [0.5, 0.6) is 0 Å². The lowest BCUT2D eigenvalue weighted by Gasteiger charge is -2.06. The third kappa shape index (κ3) is 2.14. The molecule has 1 aliphatic carbocycles. The smallest absolute Gasteiger partial charge is 0.143 e. The number of amidine groups is 1. The standard InChI is InChI=1S/C14H16N4/c15-14(16)12-8-13(11-6-7-11)18(17-12)9-10-4-2-1-3-5-10/h1-5,8,11H,6-7,9H2,(H3,15,16). The van der Waals surface area contributed by atoms with Gasteiger partial charge in [-0.1, -0.05) is 30.3 Å². The molecule has 3 rings (SSSR count). The number of hydrogen-bond acceptors (Lipinski definition) is 2. The number of nitrogens with one attached hydrogen (secondary N) is 1. The predicted octanol–water partition coefficient (Wildman–Crippen LogP) is 2.09. The Kier molecular flexibility index (Phi) is 2.63. The molecular weight excluding hydrogens is 224 g/mol. The average molecular weight is 240 g/mol. The summed E-state index contributed by atoms with van der Waals surface area (Å²) in [6.07, 6.45) is 2.44. The van der Waals surface area contributed by atoms with Gasteiger partial charge in [-0.15, -0.1) is 0 Å². The lowest BCUT2D eigenvalue weighted by molar-refractivity contribution is 0.645. The Hall–Kier alpha value is -2.10. The maximum absolute atomic E-state index is 7.49. The number of nitrogen functional groups attached to an aromatic ring is 1. The topological polar surface area (TPSA) is 67.7 Å². The summed E-state index contributed by atoms with van der Waals surface area (Å²) in [6, 6.07) is 12.2. The van der Waals surface area contributed by atoms with Crippen LogP contribution in [0, 0.1) is 5.41 Å². The van der Waals surface area contributed by atoms with Crippen LogP contribution in [0.1, 0.15) is 35.7 Å². The van der Waals surface area contributed by atoms with Gasteiger partial charge in [-0.3, -0.25) is 10.1 Å². The van der Waals surface area contributed by atoms with Gasteiger partial charge in [0.2, 0.25) is 0 Å². The van der Waals surface area contributed by atoms with Crippen LogP contribution in [0.4, 0.5) is 0 Å². The summed E-state index contributed by atoms with van der Waals surface area (Å²) in [5.41, 5.74) is 8.54. The molecular formula is C14H16N4. The first-order valence-corrected chi connectivity index (χ1v) is 6.20. The number of nitrogens with two attached hydrogens (primary N) is 1. The Morgan fingerprint density at radius 2 is 2.06 bits per heavy atom. The largest absolute Gasteiger partial charge is 0.382 e.